The summed E-state index contributed by atoms with van der Waals surface area (Å²) in [6, 6.07) is 0. The van der Waals surface area contributed by atoms with E-state index in [-0.39, 0.29) is 59.1 Å². The van der Waals surface area contributed by atoms with Crippen molar-refractivity contribution in [2.75, 3.05) is 0 Å². The first-order valence-corrected chi connectivity index (χ1v) is 6.51. The van der Waals surface area contributed by atoms with Gasteiger partial charge in [0.25, 0.3) is 0 Å². The van der Waals surface area contributed by atoms with Gasteiger partial charge in [-0.25, -0.2) is 0 Å². The number of hydrogen-bond acceptors (Lipinski definition) is 6. The molecule has 0 aromatic heterocycles. The molecule has 0 saturated carbocycles. The third-order valence-corrected chi connectivity index (χ3v) is 0. The van der Waals surface area contributed by atoms with Gasteiger partial charge in [0.15, 0.2) is 0 Å². The monoisotopic (exact) mass is 272 g/mol. The summed E-state index contributed by atoms with van der Waals surface area (Å²) < 4.78 is 48.2. The van der Waals surface area contributed by atoms with Crippen LogP contribution in [0.5, 0.6) is 0 Å². The molecule has 0 aliphatic heterocycles. The summed E-state index contributed by atoms with van der Waals surface area (Å²) in [5.41, 5.74) is 0. The van der Waals surface area contributed by atoms with Crippen LogP contribution in [-0.2, 0) is 0 Å². The number of halogens is 1. The maximum atomic E-state index is 9.00. The van der Waals surface area contributed by atoms with E-state index in [1.807, 2.05) is 0 Å². The summed E-state index contributed by atoms with van der Waals surface area (Å²) in [6.45, 7) is 0. The molecule has 0 aliphatic rings. The van der Waals surface area contributed by atoms with E-state index in [0.29, 0.717) is 0 Å². The van der Waals surface area contributed by atoms with E-state index < -0.39 is 18.2 Å². The fourth-order valence-corrected chi connectivity index (χ4v) is 0. The molecule has 0 aromatic carbocycles. The van der Waals surface area contributed by atoms with Crippen molar-refractivity contribution in [3.05, 3.63) is 0 Å². The normalized spacial score (nSPS) is 18.0. The quantitative estimate of drug-likeness (QED) is 0.296. The summed E-state index contributed by atoms with van der Waals surface area (Å²) in [7, 11) is 0. The first kappa shape index (κ1) is 17.5. The summed E-state index contributed by atoms with van der Waals surface area (Å²) in [5, 5.41) is 0. The topological polar surface area (TPSA) is 130 Å². The van der Waals surface area contributed by atoms with Gasteiger partial charge in [0, 0.05) is 0 Å². The number of rotatable bonds is 0. The van der Waals surface area contributed by atoms with Crippen LogP contribution in [0.15, 0.2) is 0 Å². The molecule has 3 N–H and O–H groups in total. The van der Waals surface area contributed by atoms with Crippen LogP contribution < -0.4 is 87.6 Å². The van der Waals surface area contributed by atoms with Crippen LogP contribution in [0.4, 0.5) is 0 Å². The van der Waals surface area contributed by atoms with Gasteiger partial charge in [-0.3, -0.25) is 0 Å². The molecule has 0 amide bonds. The Kier molecular flexibility index (Phi) is 6.02. The molecular formula is H3INa2O6. The second-order valence-electron chi connectivity index (χ2n) is 1.04. The third kappa shape index (κ3) is 122. The molecule has 48 valence electrons. The van der Waals surface area contributed by atoms with E-state index in [0.717, 1.165) is 0 Å². The molecule has 6 nitrogen and oxygen atoms in total. The van der Waals surface area contributed by atoms with Gasteiger partial charge in [-0.1, -0.05) is 0 Å². The Morgan fingerprint density at radius 2 is 0.778 bits per heavy atom. The third-order valence-electron chi connectivity index (χ3n) is 0. The SMILES string of the molecule is [Na+].[Na+].[O-][I+]([O-])([O-])(O)(O)O. The van der Waals surface area contributed by atoms with Crippen molar-refractivity contribution in [3.8, 4) is 0 Å². The van der Waals surface area contributed by atoms with E-state index in [4.69, 9.17) is 20.6 Å². The Morgan fingerprint density at radius 3 is 0.778 bits per heavy atom. The van der Waals surface area contributed by atoms with Gasteiger partial charge in [0.1, 0.15) is 0 Å². The fraction of sp³-hybridized carbons (Fsp3) is 0. The zero-order valence-corrected chi connectivity index (χ0v) is 11.1. The van der Waals surface area contributed by atoms with Crippen LogP contribution in [0, 0.1) is 0 Å². The first-order chi connectivity index (χ1) is 2.45. The number of hydrogen-bond donors (Lipinski definition) is 3. The maximum absolute atomic E-state index is 9.00. The molecule has 0 saturated heterocycles. The van der Waals surface area contributed by atoms with Crippen LogP contribution in [-0.4, -0.2) is 10.3 Å². The van der Waals surface area contributed by atoms with Crippen LogP contribution in [0.1, 0.15) is 0 Å². The van der Waals surface area contributed by atoms with Crippen molar-refractivity contribution in [2.45, 2.75) is 0 Å². The predicted octanol–water partition coefficient (Wildman–Crippen LogP) is -14.2. The van der Waals surface area contributed by atoms with Crippen molar-refractivity contribution in [1.82, 2.24) is 0 Å². The molecule has 0 fully saturated rings. The average Bonchev–Trinajstić information content (AvgIpc) is 0.592. The molecule has 0 atom stereocenters. The standard InChI is InChI=1S/H3IO6.2Na/c2-1(3,4,5,6)7;;/h2-4H;;/q-2;2*+1. The predicted molar refractivity (Wildman–Crippen MR) is 6.66 cm³/mol. The molecular weight excluding hydrogens is 269 g/mol. The van der Waals surface area contributed by atoms with E-state index >= 15 is 0 Å². The van der Waals surface area contributed by atoms with E-state index in [1.165, 1.54) is 0 Å². The molecule has 0 radical (unpaired) electrons. The minimum atomic E-state index is -8.87. The van der Waals surface area contributed by atoms with Gasteiger partial charge in [-0.05, 0) is 0 Å². The van der Waals surface area contributed by atoms with Crippen LogP contribution >= 0.6 is 0 Å². The molecule has 9 heteroatoms. The van der Waals surface area contributed by atoms with Crippen molar-refractivity contribution in [2.24, 2.45) is 0 Å². The van der Waals surface area contributed by atoms with Crippen LogP contribution in [0.2, 0.25) is 0 Å². The first-order valence-electron chi connectivity index (χ1n) is 0.970. The molecule has 0 bridgehead atoms. The summed E-state index contributed by atoms with van der Waals surface area (Å²) in [4.78, 5) is 0. The van der Waals surface area contributed by atoms with Crippen LogP contribution in [0.25, 0.3) is 0 Å². The molecule has 0 unspecified atom stereocenters. The van der Waals surface area contributed by atoms with E-state index in [2.05, 4.69) is 0 Å². The van der Waals surface area contributed by atoms with Gasteiger partial charge in [-0.2, -0.15) is 0 Å². The Balaban J connectivity index is -0.000000180. The zero-order valence-electron chi connectivity index (χ0n) is 4.94. The Morgan fingerprint density at radius 1 is 0.778 bits per heavy atom. The van der Waals surface area contributed by atoms with Crippen LogP contribution in [0.3, 0.4) is 0 Å². The minimum absolute atomic E-state index is 0. The molecule has 0 aromatic rings. The summed E-state index contributed by atoms with van der Waals surface area (Å²) in [6.07, 6.45) is 0. The van der Waals surface area contributed by atoms with Crippen molar-refractivity contribution in [1.29, 1.82) is 0 Å². The van der Waals surface area contributed by atoms with Gasteiger partial charge in [0.05, 0.1) is 0 Å². The van der Waals surface area contributed by atoms with Gasteiger partial charge < -0.3 is 0 Å². The van der Waals surface area contributed by atoms with Crippen molar-refractivity contribution >= 4 is 0 Å². The molecule has 0 spiro atoms. The van der Waals surface area contributed by atoms with Crippen molar-refractivity contribution in [3.63, 3.8) is 0 Å². The fourth-order valence-electron chi connectivity index (χ4n) is 0. The Labute approximate surface area is 96.2 Å². The molecule has 0 heterocycles. The Bertz CT molecular complexity index is 69.6. The Hall–Kier alpha value is 2.49. The zero-order chi connectivity index (χ0) is 6.41. The molecule has 0 rings (SSSR count). The van der Waals surface area contributed by atoms with Crippen molar-refractivity contribution < 1.29 is 97.9 Å². The summed E-state index contributed by atoms with van der Waals surface area (Å²) >= 11 is -8.87. The van der Waals surface area contributed by atoms with E-state index in [1.54, 1.807) is 0 Å². The molecule has 9 heavy (non-hydrogen) atoms. The van der Waals surface area contributed by atoms with Gasteiger partial charge in [-0.15, -0.1) is 0 Å². The van der Waals surface area contributed by atoms with E-state index in [9.17, 15) is 0 Å². The second kappa shape index (κ2) is 3.09. The molecule has 0 aliphatic carbocycles. The van der Waals surface area contributed by atoms with Gasteiger partial charge >= 0.3 is 97.9 Å². The average molecular weight is 272 g/mol. The van der Waals surface area contributed by atoms with Gasteiger partial charge in [0.2, 0.25) is 0 Å². The summed E-state index contributed by atoms with van der Waals surface area (Å²) in [5.74, 6) is 0. The second-order valence-corrected chi connectivity index (χ2v) is 6.96.